The van der Waals surface area contributed by atoms with Gasteiger partial charge in [-0.3, -0.25) is 0 Å². The zero-order valence-corrected chi connectivity index (χ0v) is 24.7. The van der Waals surface area contributed by atoms with Crippen LogP contribution in [0.4, 0.5) is 67.2 Å². The quantitative estimate of drug-likeness (QED) is 0.0977. The van der Waals surface area contributed by atoms with Crippen LogP contribution in [-0.2, 0) is 0 Å². The highest BCUT2D eigenvalue weighted by atomic mass is 32.2. The van der Waals surface area contributed by atoms with Gasteiger partial charge >= 0.3 is 0 Å². The van der Waals surface area contributed by atoms with E-state index < -0.39 is 80.5 Å². The Morgan fingerprint density at radius 3 is 1.31 bits per heavy atom. The number of rotatable bonds is 3. The zero-order valence-electron chi connectivity index (χ0n) is 23.9. The largest absolute Gasteiger partial charge is 0.398 e. The first kappa shape index (κ1) is 30.7. The molecular formula is C31H12F10N6OS. The Hall–Kier alpha value is -5.65. The predicted molar refractivity (Wildman–Crippen MR) is 158 cm³/mol. The lowest BCUT2D eigenvalue weighted by atomic mass is 10.2. The summed E-state index contributed by atoms with van der Waals surface area (Å²) in [6.07, 6.45) is 0. The zero-order chi connectivity index (χ0) is 34.6. The average molecular weight is 707 g/mol. The second-order valence-electron chi connectivity index (χ2n) is 10.8. The minimum absolute atomic E-state index is 0.0146. The van der Waals surface area contributed by atoms with E-state index in [-0.39, 0.29) is 67.8 Å². The molecule has 0 saturated heterocycles. The summed E-state index contributed by atoms with van der Waals surface area (Å²) in [5.41, 5.74) is -1.81. The van der Waals surface area contributed by atoms with E-state index in [4.69, 9.17) is 4.18 Å². The lowest BCUT2D eigenvalue weighted by Crippen LogP contribution is -2.23. The summed E-state index contributed by atoms with van der Waals surface area (Å²) in [5, 5.41) is 2.21. The number of nitrogens with zero attached hydrogens (tertiary/aromatic N) is 3. The van der Waals surface area contributed by atoms with E-state index in [1.807, 2.05) is 0 Å². The number of hydrogen-bond acceptors (Lipinski definition) is 5. The van der Waals surface area contributed by atoms with E-state index in [1.165, 1.54) is 0 Å². The van der Waals surface area contributed by atoms with Gasteiger partial charge in [0, 0.05) is 37.9 Å². The molecule has 49 heavy (non-hydrogen) atoms. The number of aromatic nitrogens is 3. The predicted octanol–water partition coefficient (Wildman–Crippen LogP) is 8.75. The van der Waals surface area contributed by atoms with Gasteiger partial charge in [-0.15, -0.1) is 0 Å². The molecule has 0 radical (unpaired) electrons. The summed E-state index contributed by atoms with van der Waals surface area (Å²) in [6, 6.07) is 4.52. The van der Waals surface area contributed by atoms with Gasteiger partial charge < -0.3 is 19.5 Å². The Kier molecular flexibility index (Phi) is 6.68. The molecule has 7 aromatic rings. The van der Waals surface area contributed by atoms with Crippen molar-refractivity contribution >= 4 is 67.8 Å². The van der Waals surface area contributed by atoms with Gasteiger partial charge in [0.2, 0.25) is 17.4 Å². The molecule has 1 aliphatic rings. The van der Waals surface area contributed by atoms with Crippen molar-refractivity contribution in [1.29, 1.82) is 0 Å². The molecule has 4 aromatic carbocycles. The number of anilines is 2. The van der Waals surface area contributed by atoms with E-state index in [2.05, 4.69) is 25.3 Å². The van der Waals surface area contributed by atoms with Crippen molar-refractivity contribution in [3.8, 4) is 5.75 Å². The van der Waals surface area contributed by atoms with Crippen molar-refractivity contribution in [3.63, 3.8) is 0 Å². The first-order valence-corrected chi connectivity index (χ1v) is 14.4. The first-order chi connectivity index (χ1) is 23.3. The molecule has 0 saturated carbocycles. The van der Waals surface area contributed by atoms with Gasteiger partial charge in [-0.1, -0.05) is 0 Å². The van der Waals surface area contributed by atoms with Crippen LogP contribution in [0.5, 0.6) is 5.75 Å². The van der Waals surface area contributed by atoms with Crippen molar-refractivity contribution < 1.29 is 48.1 Å². The summed E-state index contributed by atoms with van der Waals surface area (Å²) < 4.78 is 152. The molecule has 6 bridgehead atoms. The third kappa shape index (κ3) is 4.53. The minimum Gasteiger partial charge on any atom is -0.398 e. The lowest BCUT2D eigenvalue weighted by Gasteiger charge is -2.10. The SMILES string of the molecule is Cc1c(F)c(F)c(OSn2c3c4cc(F)c(F)cc4c2=Nc2[nH]c(c4cc(F)c(F)cc24)Nc2[nH]c(c4cc(F)c(F)cc24)N=3)c(F)c1F. The summed E-state index contributed by atoms with van der Waals surface area (Å²) in [4.78, 5) is 14.4. The van der Waals surface area contributed by atoms with Crippen molar-refractivity contribution in [2.75, 3.05) is 5.32 Å². The molecule has 0 unspecified atom stereocenters. The van der Waals surface area contributed by atoms with Gasteiger partial charge in [-0.2, -0.15) is 8.78 Å². The second-order valence-corrected chi connectivity index (χ2v) is 11.5. The fourth-order valence-corrected chi connectivity index (χ4v) is 6.22. The maximum absolute atomic E-state index is 14.8. The minimum atomic E-state index is -1.91. The Bertz CT molecular complexity index is 2560. The van der Waals surface area contributed by atoms with Gasteiger partial charge in [0.25, 0.3) is 0 Å². The summed E-state index contributed by atoms with van der Waals surface area (Å²) in [5.74, 6) is -17.4. The molecule has 7 nitrogen and oxygen atoms in total. The van der Waals surface area contributed by atoms with Gasteiger partial charge in [0.05, 0.1) is 0 Å². The number of benzene rings is 4. The molecule has 248 valence electrons. The Morgan fingerprint density at radius 2 is 0.898 bits per heavy atom. The molecule has 0 spiro atoms. The summed E-state index contributed by atoms with van der Waals surface area (Å²) >= 11 is -0.0403. The molecule has 18 heteroatoms. The van der Waals surface area contributed by atoms with E-state index in [9.17, 15) is 43.9 Å². The van der Waals surface area contributed by atoms with Crippen LogP contribution in [0, 0.1) is 65.1 Å². The monoisotopic (exact) mass is 706 g/mol. The Morgan fingerprint density at radius 1 is 0.531 bits per heavy atom. The van der Waals surface area contributed by atoms with Crippen molar-refractivity contribution in [1.82, 2.24) is 13.9 Å². The number of H-pyrrole nitrogens is 2. The standard InChI is InChI=1S/C31H12F10N6OS/c1-8-21(38)23(40)25(24(41)22(8)39)48-49-47-30-13-6-19(36)20(37)7-14(13)31(47)46-29-12-5-18(35)16(33)3-10(12)27(44-29)42-26-9-2-15(32)17(34)4-11(9)28(43-26)45-30/h2-7,42-44H,1H3. The average Bonchev–Trinajstić information content (AvgIpc) is 3.65. The smallest absolute Gasteiger partial charge is 0.217 e. The molecule has 0 atom stereocenters. The summed E-state index contributed by atoms with van der Waals surface area (Å²) in [6.45, 7) is 0.787. The number of nitrogens with one attached hydrogen (secondary N) is 3. The van der Waals surface area contributed by atoms with Crippen molar-refractivity contribution in [2.45, 2.75) is 6.92 Å². The molecule has 0 aliphatic carbocycles. The highest BCUT2D eigenvalue weighted by molar-refractivity contribution is 7.93. The third-order valence-electron chi connectivity index (χ3n) is 7.91. The van der Waals surface area contributed by atoms with Crippen LogP contribution in [0.3, 0.4) is 0 Å². The van der Waals surface area contributed by atoms with Crippen LogP contribution < -0.4 is 20.5 Å². The topological polar surface area (TPSA) is 82.5 Å². The second kappa shape index (κ2) is 10.7. The highest BCUT2D eigenvalue weighted by Crippen LogP contribution is 2.40. The molecule has 4 heterocycles. The third-order valence-corrected chi connectivity index (χ3v) is 8.64. The van der Waals surface area contributed by atoms with E-state index >= 15 is 0 Å². The van der Waals surface area contributed by atoms with Crippen LogP contribution in [0.2, 0.25) is 0 Å². The fraction of sp³-hybridized carbons (Fsp3) is 0.0323. The van der Waals surface area contributed by atoms with Gasteiger partial charge in [0.15, 0.2) is 69.7 Å². The lowest BCUT2D eigenvalue weighted by molar-refractivity contribution is 0.403. The molecule has 0 amide bonds. The van der Waals surface area contributed by atoms with Crippen LogP contribution >= 0.6 is 12.2 Å². The highest BCUT2D eigenvalue weighted by Gasteiger charge is 2.27. The van der Waals surface area contributed by atoms with Crippen LogP contribution in [-0.4, -0.2) is 13.9 Å². The fourth-order valence-electron chi connectivity index (χ4n) is 5.50. The Labute approximate surface area is 268 Å². The number of hydrogen-bond donors (Lipinski definition) is 3. The van der Waals surface area contributed by atoms with Gasteiger partial charge in [0.1, 0.15) is 23.3 Å². The van der Waals surface area contributed by atoms with Crippen LogP contribution in [0.15, 0.2) is 46.4 Å². The first-order valence-electron chi connectivity index (χ1n) is 13.7. The van der Waals surface area contributed by atoms with Gasteiger partial charge in [-0.25, -0.2) is 49.1 Å². The molecule has 3 aromatic heterocycles. The molecule has 0 fully saturated rings. The van der Waals surface area contributed by atoms with Gasteiger partial charge in [-0.05, 0) is 43.3 Å². The molecule has 1 aliphatic heterocycles. The van der Waals surface area contributed by atoms with E-state index in [0.29, 0.717) is 12.1 Å². The van der Waals surface area contributed by atoms with Crippen molar-refractivity contribution in [3.05, 3.63) is 111 Å². The van der Waals surface area contributed by atoms with Crippen molar-refractivity contribution in [2.24, 2.45) is 9.98 Å². The van der Waals surface area contributed by atoms with E-state index in [0.717, 1.165) is 35.2 Å². The normalized spacial score (nSPS) is 12.6. The van der Waals surface area contributed by atoms with Crippen LogP contribution in [0.25, 0.3) is 32.3 Å². The van der Waals surface area contributed by atoms with E-state index in [1.54, 1.807) is 0 Å². The maximum Gasteiger partial charge on any atom is 0.217 e. The molecule has 3 N–H and O–H groups in total. The molecular weight excluding hydrogens is 694 g/mol. The Balaban J connectivity index is 1.53. The number of halogens is 10. The number of aromatic amines is 2. The number of fused-ring (bicyclic) bond motifs is 15. The maximum atomic E-state index is 14.8. The summed E-state index contributed by atoms with van der Waals surface area (Å²) in [7, 11) is 0. The van der Waals surface area contributed by atoms with Crippen LogP contribution in [0.1, 0.15) is 5.56 Å². The molecule has 8 rings (SSSR count).